The Morgan fingerprint density at radius 1 is 1.05 bits per heavy atom. The Morgan fingerprint density at radius 3 is 2.50 bits per heavy atom. The number of hydrogen-bond donors (Lipinski definition) is 4. The summed E-state index contributed by atoms with van der Waals surface area (Å²) in [6.45, 7) is 0.483. The molecule has 0 bridgehead atoms. The Hall–Kier alpha value is -3.49. The molecule has 0 radical (unpaired) electrons. The van der Waals surface area contributed by atoms with Crippen molar-refractivity contribution in [3.05, 3.63) is 53.3 Å². The fourth-order valence-electron chi connectivity index (χ4n) is 5.35. The summed E-state index contributed by atoms with van der Waals surface area (Å²) in [6, 6.07) is 6.27. The van der Waals surface area contributed by atoms with E-state index in [1.54, 1.807) is 18.2 Å². The summed E-state index contributed by atoms with van der Waals surface area (Å²) in [4.78, 5) is 36.5. The second kappa shape index (κ2) is 11.6. The van der Waals surface area contributed by atoms with E-state index in [1.807, 2.05) is 0 Å². The molecule has 0 saturated carbocycles. The molecule has 1 aromatic carbocycles. The minimum atomic E-state index is -1.67. The molecular weight excluding hydrogens is 532 g/mol. The van der Waals surface area contributed by atoms with Gasteiger partial charge < -0.3 is 48.8 Å². The molecule has 0 aromatic heterocycles. The summed E-state index contributed by atoms with van der Waals surface area (Å²) in [7, 11) is 0. The van der Waals surface area contributed by atoms with Gasteiger partial charge in [0.05, 0.1) is 24.4 Å². The number of ether oxygens (including phenoxy) is 6. The monoisotopic (exact) mass is 562 g/mol. The molecule has 0 spiro atoms. The Kier molecular flexibility index (Phi) is 8.10. The van der Waals surface area contributed by atoms with Crippen molar-refractivity contribution in [1.82, 2.24) is 0 Å². The number of carbonyl (C=O) groups is 3. The molecule has 2 fully saturated rings. The molecule has 3 aliphatic heterocycles. The summed E-state index contributed by atoms with van der Waals surface area (Å²) < 4.78 is 33.5. The molecule has 1 aliphatic carbocycles. The van der Waals surface area contributed by atoms with E-state index in [-0.39, 0.29) is 30.8 Å². The average molecular weight is 563 g/mol. The second-order valence-corrected chi connectivity index (χ2v) is 9.98. The van der Waals surface area contributed by atoms with Crippen LogP contribution in [-0.2, 0) is 49.2 Å². The number of aryl methyl sites for hydroxylation is 1. The zero-order chi connectivity index (χ0) is 28.6. The third kappa shape index (κ3) is 5.56. The number of aromatic hydroxyl groups is 1. The standard InChI is InChI=1S/C27H30O13/c1-12(29)35-10-14-8-17-21-16(25(34)37-17)11-36-26(20(14)21)40-27-24(23(33)22(32)18(9-28)38-27)39-19(31)7-4-13-2-5-15(30)6-3-13/h2-3,5-6,8,11,17-18,20-24,26-28,30,32-33H,4,7,9-10H2,1H3. The molecule has 9 unspecified atom stereocenters. The zero-order valence-corrected chi connectivity index (χ0v) is 21.5. The third-order valence-corrected chi connectivity index (χ3v) is 7.36. The SMILES string of the molecule is CC(=O)OCC1=CC2OC(=O)C3=COC(OC4OC(CO)C(O)C(O)C4OC(=O)CCc4ccc(O)cc4)C1C32. The minimum Gasteiger partial charge on any atom is -0.508 e. The topological polar surface area (TPSA) is 188 Å². The number of esters is 3. The Bertz CT molecular complexity index is 1190. The van der Waals surface area contributed by atoms with Crippen molar-refractivity contribution in [2.75, 3.05) is 13.2 Å². The quantitative estimate of drug-likeness (QED) is 0.173. The molecule has 13 nitrogen and oxygen atoms in total. The number of rotatable bonds is 9. The number of aliphatic hydroxyl groups excluding tert-OH is 3. The lowest BCUT2D eigenvalue weighted by Gasteiger charge is -2.43. The lowest BCUT2D eigenvalue weighted by molar-refractivity contribution is -0.341. The van der Waals surface area contributed by atoms with Gasteiger partial charge in [0.15, 0.2) is 6.10 Å². The summed E-state index contributed by atoms with van der Waals surface area (Å²) in [6.07, 6.45) is -6.22. The number of benzene rings is 1. The molecule has 1 aromatic rings. The van der Waals surface area contributed by atoms with Crippen LogP contribution in [0.2, 0.25) is 0 Å². The smallest absolute Gasteiger partial charge is 0.338 e. The van der Waals surface area contributed by atoms with E-state index in [0.717, 1.165) is 5.56 Å². The van der Waals surface area contributed by atoms with Crippen molar-refractivity contribution in [1.29, 1.82) is 0 Å². The van der Waals surface area contributed by atoms with Crippen LogP contribution in [0, 0.1) is 11.8 Å². The molecule has 2 saturated heterocycles. The predicted octanol–water partition coefficient (Wildman–Crippen LogP) is -0.407. The van der Waals surface area contributed by atoms with E-state index >= 15 is 0 Å². The van der Waals surface area contributed by atoms with E-state index in [2.05, 4.69) is 0 Å². The molecule has 9 atom stereocenters. The number of hydrogen-bond acceptors (Lipinski definition) is 13. The first-order valence-corrected chi connectivity index (χ1v) is 12.8. The Balaban J connectivity index is 1.33. The first-order valence-electron chi connectivity index (χ1n) is 12.8. The van der Waals surface area contributed by atoms with Crippen LogP contribution in [-0.4, -0.2) is 94.6 Å². The number of carbonyl (C=O) groups excluding carboxylic acids is 3. The van der Waals surface area contributed by atoms with E-state index < -0.39 is 79.5 Å². The maximum Gasteiger partial charge on any atom is 0.338 e. The maximum atomic E-state index is 12.7. The van der Waals surface area contributed by atoms with Gasteiger partial charge in [0.2, 0.25) is 12.6 Å². The van der Waals surface area contributed by atoms with Gasteiger partial charge in [-0.1, -0.05) is 12.1 Å². The Morgan fingerprint density at radius 2 is 1.80 bits per heavy atom. The number of aliphatic hydroxyl groups is 3. The van der Waals surface area contributed by atoms with E-state index in [1.165, 1.54) is 25.3 Å². The summed E-state index contributed by atoms with van der Waals surface area (Å²) in [5.41, 5.74) is 1.62. The molecule has 4 aliphatic rings. The number of phenolic OH excluding ortho intramolecular Hbond substituents is 1. The predicted molar refractivity (Wildman–Crippen MR) is 130 cm³/mol. The largest absolute Gasteiger partial charge is 0.508 e. The van der Waals surface area contributed by atoms with Crippen LogP contribution in [0.5, 0.6) is 5.75 Å². The van der Waals surface area contributed by atoms with Crippen molar-refractivity contribution in [2.24, 2.45) is 11.8 Å². The average Bonchev–Trinajstić information content (AvgIpc) is 3.45. The van der Waals surface area contributed by atoms with Crippen molar-refractivity contribution >= 4 is 17.9 Å². The van der Waals surface area contributed by atoms with Gasteiger partial charge in [0.25, 0.3) is 0 Å². The highest BCUT2D eigenvalue weighted by atomic mass is 16.8. The van der Waals surface area contributed by atoms with Gasteiger partial charge in [0.1, 0.15) is 36.8 Å². The van der Waals surface area contributed by atoms with Gasteiger partial charge in [-0.2, -0.15) is 0 Å². The molecule has 5 rings (SSSR count). The molecule has 3 heterocycles. The van der Waals surface area contributed by atoms with Gasteiger partial charge in [0, 0.05) is 19.3 Å². The highest BCUT2D eigenvalue weighted by molar-refractivity contribution is 5.92. The minimum absolute atomic E-state index is 0.0843. The van der Waals surface area contributed by atoms with Crippen molar-refractivity contribution in [2.45, 2.75) is 62.9 Å². The van der Waals surface area contributed by atoms with Crippen LogP contribution in [0.3, 0.4) is 0 Å². The molecule has 0 amide bonds. The van der Waals surface area contributed by atoms with Gasteiger partial charge in [-0.05, 0) is 35.8 Å². The van der Waals surface area contributed by atoms with E-state index in [9.17, 15) is 34.8 Å². The van der Waals surface area contributed by atoms with Crippen LogP contribution in [0.1, 0.15) is 18.9 Å². The third-order valence-electron chi connectivity index (χ3n) is 7.36. The highest BCUT2D eigenvalue weighted by Crippen LogP contribution is 2.49. The normalized spacial score (nSPS) is 34.2. The zero-order valence-electron chi connectivity index (χ0n) is 21.5. The van der Waals surface area contributed by atoms with Crippen LogP contribution >= 0.6 is 0 Å². The molecular formula is C27H30O13. The van der Waals surface area contributed by atoms with Gasteiger partial charge >= 0.3 is 17.9 Å². The van der Waals surface area contributed by atoms with Crippen LogP contribution in [0.4, 0.5) is 0 Å². The molecule has 216 valence electrons. The summed E-state index contributed by atoms with van der Waals surface area (Å²) >= 11 is 0. The summed E-state index contributed by atoms with van der Waals surface area (Å²) in [5, 5.41) is 40.4. The van der Waals surface area contributed by atoms with Gasteiger partial charge in [-0.3, -0.25) is 9.59 Å². The van der Waals surface area contributed by atoms with Crippen LogP contribution in [0.15, 0.2) is 47.7 Å². The fourth-order valence-corrected chi connectivity index (χ4v) is 5.35. The highest BCUT2D eigenvalue weighted by Gasteiger charge is 2.57. The molecule has 4 N–H and O–H groups in total. The molecule has 40 heavy (non-hydrogen) atoms. The van der Waals surface area contributed by atoms with Crippen LogP contribution < -0.4 is 0 Å². The maximum absolute atomic E-state index is 12.7. The van der Waals surface area contributed by atoms with Crippen molar-refractivity contribution in [3.63, 3.8) is 0 Å². The van der Waals surface area contributed by atoms with Gasteiger partial charge in [-0.25, -0.2) is 4.79 Å². The fraction of sp³-hybridized carbons (Fsp3) is 0.519. The lowest BCUT2D eigenvalue weighted by atomic mass is 9.84. The van der Waals surface area contributed by atoms with Crippen molar-refractivity contribution in [3.8, 4) is 5.75 Å². The molecule has 13 heteroatoms. The first kappa shape index (κ1) is 28.1. The lowest BCUT2D eigenvalue weighted by Crippen LogP contribution is -2.61. The first-order chi connectivity index (χ1) is 19.2. The van der Waals surface area contributed by atoms with Gasteiger partial charge in [-0.15, -0.1) is 0 Å². The summed E-state index contributed by atoms with van der Waals surface area (Å²) in [5.74, 6) is -2.84. The van der Waals surface area contributed by atoms with Crippen molar-refractivity contribution < 1.29 is 63.2 Å². The Labute approximate surface area is 228 Å². The second-order valence-electron chi connectivity index (χ2n) is 9.98. The van der Waals surface area contributed by atoms with Crippen LogP contribution in [0.25, 0.3) is 0 Å². The van der Waals surface area contributed by atoms with E-state index in [4.69, 9.17) is 28.4 Å². The number of phenols is 1. The van der Waals surface area contributed by atoms with E-state index in [0.29, 0.717) is 5.57 Å².